The van der Waals surface area contributed by atoms with Gasteiger partial charge < -0.3 is 14.8 Å². The van der Waals surface area contributed by atoms with Crippen molar-refractivity contribution in [3.05, 3.63) is 59.7 Å². The van der Waals surface area contributed by atoms with Gasteiger partial charge in [-0.15, -0.1) is 0 Å². The summed E-state index contributed by atoms with van der Waals surface area (Å²) in [6.07, 6.45) is -0.916. The first-order valence-corrected chi connectivity index (χ1v) is 9.09. The molecule has 0 spiro atoms. The first kappa shape index (κ1) is 20.2. The van der Waals surface area contributed by atoms with Crippen LogP contribution in [0.2, 0.25) is 0 Å². The van der Waals surface area contributed by atoms with Crippen LogP contribution in [-0.4, -0.2) is 36.1 Å². The minimum Gasteiger partial charge on any atom is -0.497 e. The highest BCUT2D eigenvalue weighted by molar-refractivity contribution is 6.08. The van der Waals surface area contributed by atoms with Gasteiger partial charge in [0.15, 0.2) is 6.10 Å². The third-order valence-corrected chi connectivity index (χ3v) is 4.73. The Balaban J connectivity index is 1.73. The molecule has 0 bridgehead atoms. The number of rotatable bonds is 6. The summed E-state index contributed by atoms with van der Waals surface area (Å²) in [6, 6.07) is 13.3. The van der Waals surface area contributed by atoms with E-state index < -0.39 is 29.5 Å². The van der Waals surface area contributed by atoms with E-state index in [2.05, 4.69) is 10.7 Å². The van der Waals surface area contributed by atoms with Crippen molar-refractivity contribution in [1.29, 1.82) is 0 Å². The van der Waals surface area contributed by atoms with Gasteiger partial charge in [-0.3, -0.25) is 15.0 Å². The zero-order chi connectivity index (χ0) is 21.2. The summed E-state index contributed by atoms with van der Waals surface area (Å²) in [5.74, 6) is -0.156. The second kappa shape index (κ2) is 7.83. The molecule has 4 amide bonds. The first-order chi connectivity index (χ1) is 13.7. The van der Waals surface area contributed by atoms with Gasteiger partial charge in [0.05, 0.1) is 7.11 Å². The van der Waals surface area contributed by atoms with Crippen LogP contribution in [0.4, 0.5) is 4.79 Å². The molecule has 3 rings (SSSR count). The van der Waals surface area contributed by atoms with Gasteiger partial charge in [0.1, 0.15) is 17.0 Å². The van der Waals surface area contributed by atoms with Crippen LogP contribution < -0.4 is 20.2 Å². The number of nitrogens with one attached hydrogen (secondary N) is 2. The number of nitrogens with zero attached hydrogens (tertiary/aromatic N) is 1. The van der Waals surface area contributed by atoms with E-state index in [9.17, 15) is 14.4 Å². The van der Waals surface area contributed by atoms with Crippen molar-refractivity contribution in [1.82, 2.24) is 15.8 Å². The second-order valence-electron chi connectivity index (χ2n) is 6.98. The monoisotopic (exact) mass is 397 g/mol. The highest BCUT2D eigenvalue weighted by atomic mass is 16.5. The highest BCUT2D eigenvalue weighted by Gasteiger charge is 2.50. The Morgan fingerprint density at radius 1 is 1.14 bits per heavy atom. The van der Waals surface area contributed by atoms with Crippen molar-refractivity contribution in [3.63, 3.8) is 0 Å². The van der Waals surface area contributed by atoms with Crippen LogP contribution in [0.3, 0.4) is 0 Å². The Kier molecular flexibility index (Phi) is 5.45. The number of hydrogen-bond acceptors (Lipinski definition) is 5. The van der Waals surface area contributed by atoms with Gasteiger partial charge in [-0.2, -0.15) is 5.01 Å². The Bertz CT molecular complexity index is 961. The van der Waals surface area contributed by atoms with Crippen LogP contribution in [0.1, 0.15) is 25.0 Å². The molecule has 29 heavy (non-hydrogen) atoms. The van der Waals surface area contributed by atoms with Gasteiger partial charge >= 0.3 is 6.03 Å². The maximum Gasteiger partial charge on any atom is 0.344 e. The number of imide groups is 1. The largest absolute Gasteiger partial charge is 0.497 e. The van der Waals surface area contributed by atoms with E-state index >= 15 is 0 Å². The van der Waals surface area contributed by atoms with Crippen LogP contribution in [-0.2, 0) is 15.1 Å². The number of carbonyl (C=O) groups is 3. The fourth-order valence-electron chi connectivity index (χ4n) is 3.02. The zero-order valence-corrected chi connectivity index (χ0v) is 16.7. The molecule has 2 N–H and O–H groups in total. The van der Waals surface area contributed by atoms with Crippen molar-refractivity contribution in [2.24, 2.45) is 0 Å². The predicted octanol–water partition coefficient (Wildman–Crippen LogP) is 2.27. The van der Waals surface area contributed by atoms with Gasteiger partial charge in [-0.1, -0.05) is 24.3 Å². The first-order valence-electron chi connectivity index (χ1n) is 9.09. The molecule has 1 aliphatic rings. The Hall–Kier alpha value is -3.55. The van der Waals surface area contributed by atoms with Gasteiger partial charge in [0, 0.05) is 0 Å². The van der Waals surface area contributed by atoms with Crippen LogP contribution in [0.5, 0.6) is 11.5 Å². The molecule has 0 unspecified atom stereocenters. The van der Waals surface area contributed by atoms with E-state index in [0.717, 1.165) is 5.56 Å². The molecule has 2 aromatic carbocycles. The van der Waals surface area contributed by atoms with Gasteiger partial charge in [-0.25, -0.2) is 4.79 Å². The van der Waals surface area contributed by atoms with Crippen LogP contribution in [0.25, 0.3) is 0 Å². The average Bonchev–Trinajstić information content (AvgIpc) is 2.92. The quantitative estimate of drug-likeness (QED) is 0.729. The summed E-state index contributed by atoms with van der Waals surface area (Å²) in [5, 5.41) is 3.30. The second-order valence-corrected chi connectivity index (χ2v) is 6.98. The number of ether oxygens (including phenoxy) is 2. The van der Waals surface area contributed by atoms with Crippen molar-refractivity contribution in [3.8, 4) is 11.5 Å². The third kappa shape index (κ3) is 4.01. The van der Waals surface area contributed by atoms with Gasteiger partial charge in [0.2, 0.25) is 0 Å². The van der Waals surface area contributed by atoms with E-state index in [0.29, 0.717) is 22.1 Å². The maximum absolute atomic E-state index is 12.9. The molecule has 0 saturated carbocycles. The van der Waals surface area contributed by atoms with Gasteiger partial charge in [-0.05, 0) is 56.2 Å². The zero-order valence-electron chi connectivity index (χ0n) is 16.7. The number of methoxy groups -OCH3 is 1. The Morgan fingerprint density at radius 3 is 2.52 bits per heavy atom. The smallest absolute Gasteiger partial charge is 0.344 e. The lowest BCUT2D eigenvalue weighted by Gasteiger charge is -2.23. The SMILES string of the molecule is COc1cccc([C@]2(C)NC(=O)N(NC(=O)[C@H](C)Oc3cccc(C)c3)C2=O)c1. The lowest BCUT2D eigenvalue weighted by Crippen LogP contribution is -2.51. The van der Waals surface area contributed by atoms with E-state index in [1.807, 2.05) is 19.1 Å². The van der Waals surface area contributed by atoms with Crippen LogP contribution in [0, 0.1) is 6.92 Å². The summed E-state index contributed by atoms with van der Waals surface area (Å²) in [5.41, 5.74) is 2.53. The average molecular weight is 397 g/mol. The molecule has 2 atom stereocenters. The molecule has 152 valence electrons. The lowest BCUT2D eigenvalue weighted by atomic mass is 9.92. The number of carbonyl (C=O) groups excluding carboxylic acids is 3. The topological polar surface area (TPSA) is 97.0 Å². The van der Waals surface area contributed by atoms with Crippen LogP contribution in [0.15, 0.2) is 48.5 Å². The van der Waals surface area contributed by atoms with Crippen molar-refractivity contribution >= 4 is 17.8 Å². The summed E-state index contributed by atoms with van der Waals surface area (Å²) in [7, 11) is 1.51. The van der Waals surface area contributed by atoms with E-state index in [4.69, 9.17) is 9.47 Å². The maximum atomic E-state index is 12.9. The molecular formula is C21H23N3O5. The molecule has 0 radical (unpaired) electrons. The summed E-state index contributed by atoms with van der Waals surface area (Å²) < 4.78 is 10.8. The standard InChI is InChI=1S/C21H23N3O5/c1-13-7-5-10-17(11-13)29-14(2)18(25)23-24-19(26)21(3,22-20(24)27)15-8-6-9-16(12-15)28-4/h5-12,14H,1-4H3,(H,22,27)(H,23,25)/t14-,21-/m0/s1. The highest BCUT2D eigenvalue weighted by Crippen LogP contribution is 2.30. The Morgan fingerprint density at radius 2 is 1.83 bits per heavy atom. The third-order valence-electron chi connectivity index (χ3n) is 4.73. The fourth-order valence-corrected chi connectivity index (χ4v) is 3.02. The van der Waals surface area contributed by atoms with E-state index in [1.165, 1.54) is 14.0 Å². The minimum atomic E-state index is -1.33. The summed E-state index contributed by atoms with van der Waals surface area (Å²) >= 11 is 0. The number of benzene rings is 2. The van der Waals surface area contributed by atoms with Crippen LogP contribution >= 0.6 is 0 Å². The molecule has 1 heterocycles. The summed E-state index contributed by atoms with van der Waals surface area (Å²) in [4.78, 5) is 37.8. The molecule has 1 saturated heterocycles. The number of aryl methyl sites for hydroxylation is 1. The van der Waals surface area contributed by atoms with E-state index in [1.54, 1.807) is 43.3 Å². The molecule has 1 fully saturated rings. The molecule has 0 aliphatic carbocycles. The molecule has 8 heteroatoms. The molecular weight excluding hydrogens is 374 g/mol. The number of hydrazine groups is 1. The molecule has 0 aromatic heterocycles. The predicted molar refractivity (Wildman–Crippen MR) is 105 cm³/mol. The van der Waals surface area contributed by atoms with Gasteiger partial charge in [0.25, 0.3) is 11.8 Å². The van der Waals surface area contributed by atoms with E-state index in [-0.39, 0.29) is 0 Å². The van der Waals surface area contributed by atoms with Crippen molar-refractivity contribution in [2.45, 2.75) is 32.4 Å². The lowest BCUT2D eigenvalue weighted by molar-refractivity contribution is -0.141. The number of urea groups is 1. The Labute approximate surface area is 168 Å². The normalized spacial score (nSPS) is 19.5. The van der Waals surface area contributed by atoms with Crippen molar-refractivity contribution in [2.75, 3.05) is 7.11 Å². The molecule has 2 aromatic rings. The number of hydrogen-bond donors (Lipinski definition) is 2. The number of amides is 4. The summed E-state index contributed by atoms with van der Waals surface area (Å²) in [6.45, 7) is 5.02. The fraction of sp³-hybridized carbons (Fsp3) is 0.286. The van der Waals surface area contributed by atoms with Crippen molar-refractivity contribution < 1.29 is 23.9 Å². The molecule has 8 nitrogen and oxygen atoms in total. The minimum absolute atomic E-state index is 0.520. The molecule has 1 aliphatic heterocycles.